The van der Waals surface area contributed by atoms with Gasteiger partial charge in [-0.15, -0.1) is 0 Å². The number of para-hydroxylation sites is 1. The van der Waals surface area contributed by atoms with Gasteiger partial charge in [-0.1, -0.05) is 30.3 Å². The third-order valence-electron chi connectivity index (χ3n) is 5.82. The van der Waals surface area contributed by atoms with Crippen molar-refractivity contribution in [3.8, 4) is 5.75 Å². The van der Waals surface area contributed by atoms with Crippen LogP contribution in [0.3, 0.4) is 0 Å². The minimum atomic E-state index is -0.539. The molecule has 0 bridgehead atoms. The van der Waals surface area contributed by atoms with Crippen molar-refractivity contribution >= 4 is 17.5 Å². The van der Waals surface area contributed by atoms with Crippen LogP contribution in [-0.2, 0) is 16.1 Å². The van der Waals surface area contributed by atoms with Crippen LogP contribution < -0.4 is 9.64 Å². The Hall–Kier alpha value is -2.86. The topological polar surface area (TPSA) is 53.1 Å². The summed E-state index contributed by atoms with van der Waals surface area (Å²) in [5.74, 6) is 0.234. The number of carbonyl (C=O) groups is 2. The van der Waals surface area contributed by atoms with Crippen LogP contribution in [-0.4, -0.2) is 61.4 Å². The summed E-state index contributed by atoms with van der Waals surface area (Å²) in [5.41, 5.74) is 2.10. The summed E-state index contributed by atoms with van der Waals surface area (Å²) >= 11 is 0. The lowest BCUT2D eigenvalue weighted by Crippen LogP contribution is -2.51. The van der Waals surface area contributed by atoms with E-state index < -0.39 is 5.92 Å². The van der Waals surface area contributed by atoms with Crippen molar-refractivity contribution in [2.45, 2.75) is 13.0 Å². The van der Waals surface area contributed by atoms with Crippen molar-refractivity contribution in [2.75, 3.05) is 44.7 Å². The minimum absolute atomic E-state index is 0.0162. The second-order valence-electron chi connectivity index (χ2n) is 7.62. The molecule has 0 spiro atoms. The number of amides is 2. The molecule has 2 aromatic carbocycles. The second kappa shape index (κ2) is 8.66. The van der Waals surface area contributed by atoms with Crippen LogP contribution in [0.2, 0.25) is 0 Å². The zero-order chi connectivity index (χ0) is 20.2. The Bertz CT molecular complexity index is 845. The number of hydrogen-bond acceptors (Lipinski definition) is 4. The van der Waals surface area contributed by atoms with Gasteiger partial charge in [0.25, 0.3) is 0 Å². The van der Waals surface area contributed by atoms with Crippen LogP contribution in [0.1, 0.15) is 12.0 Å². The fourth-order valence-corrected chi connectivity index (χ4v) is 4.11. The number of methoxy groups -OCH3 is 1. The molecule has 2 amide bonds. The maximum atomic E-state index is 13.0. The minimum Gasteiger partial charge on any atom is -0.497 e. The zero-order valence-electron chi connectivity index (χ0n) is 16.8. The number of piperazine rings is 1. The monoisotopic (exact) mass is 393 g/mol. The molecule has 0 aliphatic carbocycles. The predicted molar refractivity (Wildman–Crippen MR) is 112 cm³/mol. The molecular formula is C23H27N3O3. The third kappa shape index (κ3) is 4.27. The summed E-state index contributed by atoms with van der Waals surface area (Å²) in [6, 6.07) is 17.7. The quantitative estimate of drug-likeness (QED) is 0.732. The van der Waals surface area contributed by atoms with Gasteiger partial charge in [-0.3, -0.25) is 14.5 Å². The maximum absolute atomic E-state index is 13.0. The first-order valence-electron chi connectivity index (χ1n) is 10.2. The molecule has 2 heterocycles. The molecule has 2 fully saturated rings. The van der Waals surface area contributed by atoms with E-state index in [1.165, 1.54) is 5.56 Å². The Morgan fingerprint density at radius 2 is 1.66 bits per heavy atom. The molecule has 0 aromatic heterocycles. The van der Waals surface area contributed by atoms with Gasteiger partial charge in [-0.25, -0.2) is 0 Å². The standard InChI is InChI=1S/C23H27N3O3/c1-29-20-9-7-18(8-10-20)17-24-13-15-25(16-14-24)22(27)21-11-12-26(23(21)28)19-5-3-2-4-6-19/h2-10,21H,11-17H2,1H3. The van der Waals surface area contributed by atoms with Crippen molar-refractivity contribution in [3.05, 3.63) is 60.2 Å². The van der Waals surface area contributed by atoms with E-state index in [0.717, 1.165) is 31.1 Å². The van der Waals surface area contributed by atoms with Crippen molar-refractivity contribution < 1.29 is 14.3 Å². The van der Waals surface area contributed by atoms with Gasteiger partial charge >= 0.3 is 0 Å². The van der Waals surface area contributed by atoms with Gasteiger partial charge in [0.1, 0.15) is 11.7 Å². The average molecular weight is 393 g/mol. The van der Waals surface area contributed by atoms with Gasteiger partial charge in [-0.05, 0) is 36.2 Å². The molecule has 6 heteroatoms. The number of carbonyl (C=O) groups excluding carboxylic acids is 2. The van der Waals surface area contributed by atoms with Gasteiger partial charge in [-0.2, -0.15) is 0 Å². The van der Waals surface area contributed by atoms with E-state index in [9.17, 15) is 9.59 Å². The summed E-state index contributed by atoms with van der Waals surface area (Å²) in [6.45, 7) is 4.45. The number of ether oxygens (including phenoxy) is 1. The van der Waals surface area contributed by atoms with Gasteiger partial charge in [0.2, 0.25) is 11.8 Å². The Morgan fingerprint density at radius 3 is 2.31 bits per heavy atom. The van der Waals surface area contributed by atoms with E-state index in [-0.39, 0.29) is 11.8 Å². The lowest BCUT2D eigenvalue weighted by atomic mass is 10.1. The molecule has 29 heavy (non-hydrogen) atoms. The lowest BCUT2D eigenvalue weighted by molar-refractivity contribution is -0.141. The summed E-state index contributed by atoms with van der Waals surface area (Å²) in [6.07, 6.45) is 0.596. The van der Waals surface area contributed by atoms with Crippen LogP contribution in [0.5, 0.6) is 5.75 Å². The number of nitrogens with zero attached hydrogens (tertiary/aromatic N) is 3. The molecule has 0 radical (unpaired) electrons. The van der Waals surface area contributed by atoms with Crippen LogP contribution in [0, 0.1) is 5.92 Å². The molecular weight excluding hydrogens is 366 g/mol. The molecule has 4 rings (SSSR count). The summed E-state index contributed by atoms with van der Waals surface area (Å²) in [5, 5.41) is 0. The Kier molecular flexibility index (Phi) is 5.81. The highest BCUT2D eigenvalue weighted by molar-refractivity contribution is 6.09. The van der Waals surface area contributed by atoms with E-state index in [1.54, 1.807) is 12.0 Å². The Labute approximate surface area is 171 Å². The Balaban J connectivity index is 1.30. The van der Waals surface area contributed by atoms with Crippen LogP contribution in [0.15, 0.2) is 54.6 Å². The highest BCUT2D eigenvalue weighted by Crippen LogP contribution is 2.26. The molecule has 2 aliphatic heterocycles. The highest BCUT2D eigenvalue weighted by atomic mass is 16.5. The maximum Gasteiger partial charge on any atom is 0.239 e. The highest BCUT2D eigenvalue weighted by Gasteiger charge is 2.40. The molecule has 0 N–H and O–H groups in total. The van der Waals surface area contributed by atoms with Crippen molar-refractivity contribution in [3.63, 3.8) is 0 Å². The first-order chi connectivity index (χ1) is 14.2. The molecule has 6 nitrogen and oxygen atoms in total. The molecule has 2 saturated heterocycles. The molecule has 1 atom stereocenters. The van der Waals surface area contributed by atoms with E-state index in [1.807, 2.05) is 47.4 Å². The fourth-order valence-electron chi connectivity index (χ4n) is 4.11. The largest absolute Gasteiger partial charge is 0.497 e. The van der Waals surface area contributed by atoms with E-state index >= 15 is 0 Å². The summed E-state index contributed by atoms with van der Waals surface area (Å²) in [7, 11) is 1.67. The number of hydrogen-bond donors (Lipinski definition) is 0. The molecule has 0 saturated carbocycles. The fraction of sp³-hybridized carbons (Fsp3) is 0.391. The predicted octanol–water partition coefficient (Wildman–Crippen LogP) is 2.39. The number of anilines is 1. The van der Waals surface area contributed by atoms with Gasteiger partial charge in [0, 0.05) is 45.0 Å². The average Bonchev–Trinajstić information content (AvgIpc) is 3.16. The lowest BCUT2D eigenvalue weighted by Gasteiger charge is -2.35. The van der Waals surface area contributed by atoms with E-state index in [4.69, 9.17) is 4.74 Å². The normalized spacial score (nSPS) is 20.2. The molecule has 1 unspecified atom stereocenters. The van der Waals surface area contributed by atoms with Gasteiger partial charge in [0.05, 0.1) is 7.11 Å². The molecule has 152 valence electrons. The van der Waals surface area contributed by atoms with E-state index in [2.05, 4.69) is 17.0 Å². The number of benzene rings is 2. The van der Waals surface area contributed by atoms with Crippen LogP contribution in [0.4, 0.5) is 5.69 Å². The summed E-state index contributed by atoms with van der Waals surface area (Å²) in [4.78, 5) is 31.7. The van der Waals surface area contributed by atoms with Crippen LogP contribution >= 0.6 is 0 Å². The van der Waals surface area contributed by atoms with E-state index in [0.29, 0.717) is 26.1 Å². The van der Waals surface area contributed by atoms with Crippen molar-refractivity contribution in [1.29, 1.82) is 0 Å². The van der Waals surface area contributed by atoms with Crippen molar-refractivity contribution in [2.24, 2.45) is 5.92 Å². The first-order valence-corrected chi connectivity index (χ1v) is 10.2. The van der Waals surface area contributed by atoms with Gasteiger partial charge in [0.15, 0.2) is 0 Å². The zero-order valence-corrected chi connectivity index (χ0v) is 16.8. The third-order valence-corrected chi connectivity index (χ3v) is 5.82. The number of rotatable bonds is 5. The summed E-state index contributed by atoms with van der Waals surface area (Å²) < 4.78 is 5.20. The van der Waals surface area contributed by atoms with Crippen LogP contribution in [0.25, 0.3) is 0 Å². The first kappa shape index (κ1) is 19.5. The SMILES string of the molecule is COc1ccc(CN2CCN(C(=O)C3CCN(c4ccccc4)C3=O)CC2)cc1. The second-order valence-corrected chi connectivity index (χ2v) is 7.62. The van der Waals surface area contributed by atoms with Crippen molar-refractivity contribution in [1.82, 2.24) is 9.80 Å². The van der Waals surface area contributed by atoms with Gasteiger partial charge < -0.3 is 14.5 Å². The Morgan fingerprint density at radius 1 is 0.966 bits per heavy atom. The smallest absolute Gasteiger partial charge is 0.239 e. The molecule has 2 aliphatic rings. The molecule has 2 aromatic rings.